The van der Waals surface area contributed by atoms with E-state index in [2.05, 4.69) is 12.2 Å². The molecular weight excluding hydrogens is 446 g/mol. The summed E-state index contributed by atoms with van der Waals surface area (Å²) in [6.07, 6.45) is 4.31. The summed E-state index contributed by atoms with van der Waals surface area (Å²) in [5.74, 6) is -1.57. The molecule has 35 heavy (non-hydrogen) atoms. The van der Waals surface area contributed by atoms with Gasteiger partial charge in [-0.05, 0) is 44.9 Å². The third kappa shape index (κ3) is 11.1. The van der Waals surface area contributed by atoms with Crippen LogP contribution in [0.4, 0.5) is 0 Å². The Labute approximate surface area is 211 Å². The van der Waals surface area contributed by atoms with E-state index in [1.165, 1.54) is 6.92 Å². The zero-order valence-electron chi connectivity index (χ0n) is 22.9. The predicted molar refractivity (Wildman–Crippen MR) is 136 cm³/mol. The van der Waals surface area contributed by atoms with E-state index in [1.807, 2.05) is 27.7 Å². The van der Waals surface area contributed by atoms with E-state index in [9.17, 15) is 24.0 Å². The summed E-state index contributed by atoms with van der Waals surface area (Å²) < 4.78 is 5.33. The fourth-order valence-electron chi connectivity index (χ4n) is 4.41. The summed E-state index contributed by atoms with van der Waals surface area (Å²) in [6, 6.07) is -0.863. The van der Waals surface area contributed by atoms with Gasteiger partial charge in [-0.2, -0.15) is 0 Å². The minimum Gasteiger partial charge on any atom is -0.362 e. The number of hydrogen-bond acceptors (Lipinski definition) is 6. The second kappa shape index (κ2) is 14.6. The number of epoxide rings is 1. The maximum Gasteiger partial charge on any atom is 0.224 e. The van der Waals surface area contributed by atoms with Crippen molar-refractivity contribution in [3.63, 3.8) is 0 Å². The standard InChI is InChI=1S/C28H47NO6/c1-8-9-10-11-22(31)16-23(19(4)5)27(34)29-24(13-12-20(6)30)25(32)15-21(14-18(2)3)26(33)28(7)17-35-28/h18-19,21,23-24H,8-17H2,1-7H3,(H,29,34)/t21-,23+,24+,28-/m1/s1. The largest absolute Gasteiger partial charge is 0.362 e. The van der Waals surface area contributed by atoms with Crippen LogP contribution in [0.15, 0.2) is 0 Å². The molecule has 0 spiro atoms. The average molecular weight is 494 g/mol. The Morgan fingerprint density at radius 3 is 2.09 bits per heavy atom. The van der Waals surface area contributed by atoms with Gasteiger partial charge in [0.05, 0.1) is 12.6 Å². The van der Waals surface area contributed by atoms with Crippen LogP contribution >= 0.6 is 0 Å². The molecule has 0 saturated carbocycles. The molecule has 1 aliphatic rings. The van der Waals surface area contributed by atoms with Crippen molar-refractivity contribution in [1.29, 1.82) is 0 Å². The van der Waals surface area contributed by atoms with Gasteiger partial charge in [0.1, 0.15) is 17.2 Å². The third-order valence-electron chi connectivity index (χ3n) is 6.81. The summed E-state index contributed by atoms with van der Waals surface area (Å²) >= 11 is 0. The van der Waals surface area contributed by atoms with Crippen molar-refractivity contribution >= 4 is 29.0 Å². The zero-order chi connectivity index (χ0) is 26.8. The molecule has 0 aromatic carbocycles. The van der Waals surface area contributed by atoms with Crippen molar-refractivity contribution < 1.29 is 28.7 Å². The smallest absolute Gasteiger partial charge is 0.224 e. The van der Waals surface area contributed by atoms with Gasteiger partial charge in [-0.1, -0.05) is 47.5 Å². The van der Waals surface area contributed by atoms with Gasteiger partial charge in [0.15, 0.2) is 11.6 Å². The SMILES string of the molecule is CCCCCC(=O)C[C@H](C(=O)N[C@@H](CCC(C)=O)C(=O)C[C@@H](CC(C)C)C(=O)[C@@]1(C)CO1)C(C)C. The Bertz CT molecular complexity index is 753. The van der Waals surface area contributed by atoms with E-state index in [0.29, 0.717) is 19.4 Å². The summed E-state index contributed by atoms with van der Waals surface area (Å²) in [6.45, 7) is 13.4. The molecule has 1 rings (SSSR count). The Morgan fingerprint density at radius 1 is 0.971 bits per heavy atom. The van der Waals surface area contributed by atoms with Gasteiger partial charge in [0.25, 0.3) is 0 Å². The second-order valence-corrected chi connectivity index (χ2v) is 11.2. The monoisotopic (exact) mass is 493 g/mol. The van der Waals surface area contributed by atoms with E-state index >= 15 is 0 Å². The molecule has 7 nitrogen and oxygen atoms in total. The van der Waals surface area contributed by atoms with Crippen LogP contribution in [-0.2, 0) is 28.7 Å². The lowest BCUT2D eigenvalue weighted by Crippen LogP contribution is -2.46. The number of amides is 1. The number of ether oxygens (including phenoxy) is 1. The summed E-state index contributed by atoms with van der Waals surface area (Å²) in [7, 11) is 0. The van der Waals surface area contributed by atoms with Gasteiger partial charge in [0.2, 0.25) is 5.91 Å². The van der Waals surface area contributed by atoms with Crippen molar-refractivity contribution in [3.05, 3.63) is 0 Å². The van der Waals surface area contributed by atoms with Gasteiger partial charge in [-0.15, -0.1) is 0 Å². The van der Waals surface area contributed by atoms with Gasteiger partial charge in [-0.25, -0.2) is 0 Å². The van der Waals surface area contributed by atoms with E-state index in [1.54, 1.807) is 6.92 Å². The fourth-order valence-corrected chi connectivity index (χ4v) is 4.41. The molecule has 0 radical (unpaired) electrons. The van der Waals surface area contributed by atoms with Crippen molar-refractivity contribution in [1.82, 2.24) is 5.32 Å². The number of carbonyl (C=O) groups is 5. The first-order chi connectivity index (χ1) is 16.3. The molecule has 1 saturated heterocycles. The van der Waals surface area contributed by atoms with Crippen molar-refractivity contribution in [2.24, 2.45) is 23.7 Å². The van der Waals surface area contributed by atoms with Crippen molar-refractivity contribution in [2.75, 3.05) is 6.61 Å². The van der Waals surface area contributed by atoms with Crippen LogP contribution in [0.2, 0.25) is 0 Å². The average Bonchev–Trinajstić information content (AvgIpc) is 3.51. The highest BCUT2D eigenvalue weighted by Crippen LogP contribution is 2.34. The van der Waals surface area contributed by atoms with Crippen LogP contribution in [0.3, 0.4) is 0 Å². The molecule has 0 aromatic heterocycles. The van der Waals surface area contributed by atoms with E-state index in [-0.39, 0.29) is 66.6 Å². The van der Waals surface area contributed by atoms with Crippen LogP contribution in [0.5, 0.6) is 0 Å². The van der Waals surface area contributed by atoms with E-state index in [4.69, 9.17) is 4.74 Å². The van der Waals surface area contributed by atoms with Crippen molar-refractivity contribution in [2.45, 2.75) is 118 Å². The van der Waals surface area contributed by atoms with Crippen LogP contribution in [0.1, 0.15) is 106 Å². The number of Topliss-reactive ketones (excluding diaryl/α,β-unsaturated/α-hetero) is 4. The third-order valence-corrected chi connectivity index (χ3v) is 6.81. The van der Waals surface area contributed by atoms with Crippen molar-refractivity contribution in [3.8, 4) is 0 Å². The van der Waals surface area contributed by atoms with E-state index < -0.39 is 23.5 Å². The van der Waals surface area contributed by atoms with Gasteiger partial charge < -0.3 is 14.8 Å². The van der Waals surface area contributed by atoms with E-state index in [0.717, 1.165) is 19.3 Å². The first-order valence-corrected chi connectivity index (χ1v) is 13.3. The minimum absolute atomic E-state index is 0.00110. The Balaban J connectivity index is 2.95. The highest BCUT2D eigenvalue weighted by atomic mass is 16.6. The lowest BCUT2D eigenvalue weighted by molar-refractivity contribution is -0.135. The first-order valence-electron chi connectivity index (χ1n) is 13.3. The van der Waals surface area contributed by atoms with Gasteiger partial charge in [0, 0.05) is 37.5 Å². The molecule has 0 aliphatic carbocycles. The molecular formula is C28H47NO6. The molecule has 0 bridgehead atoms. The molecule has 0 unspecified atom stereocenters. The van der Waals surface area contributed by atoms with Crippen LogP contribution in [0, 0.1) is 23.7 Å². The van der Waals surface area contributed by atoms with Crippen LogP contribution < -0.4 is 5.32 Å². The topological polar surface area (TPSA) is 110 Å². The second-order valence-electron chi connectivity index (χ2n) is 11.2. The lowest BCUT2D eigenvalue weighted by Gasteiger charge is -2.26. The number of rotatable bonds is 19. The highest BCUT2D eigenvalue weighted by Gasteiger charge is 2.50. The molecule has 1 fully saturated rings. The number of unbranched alkanes of at least 4 members (excludes halogenated alkanes) is 2. The van der Waals surface area contributed by atoms with Crippen LogP contribution in [0.25, 0.3) is 0 Å². The number of ketones is 4. The molecule has 4 atom stereocenters. The number of carbonyl (C=O) groups excluding carboxylic acids is 5. The minimum atomic E-state index is -0.863. The maximum atomic E-state index is 13.3. The normalized spacial score (nSPS) is 19.8. The molecule has 1 amide bonds. The lowest BCUT2D eigenvalue weighted by atomic mass is 9.82. The molecule has 200 valence electrons. The van der Waals surface area contributed by atoms with Gasteiger partial charge in [-0.3, -0.25) is 19.2 Å². The molecule has 7 heteroatoms. The first kappa shape index (κ1) is 31.1. The Kier molecular flexibility index (Phi) is 13.0. The van der Waals surface area contributed by atoms with Gasteiger partial charge >= 0.3 is 0 Å². The molecule has 1 aliphatic heterocycles. The molecule has 1 N–H and O–H groups in total. The zero-order valence-corrected chi connectivity index (χ0v) is 22.9. The summed E-state index contributed by atoms with van der Waals surface area (Å²) in [5, 5.41) is 2.84. The van der Waals surface area contributed by atoms with Crippen LogP contribution in [-0.4, -0.2) is 47.3 Å². The fraction of sp³-hybridized carbons (Fsp3) is 0.821. The number of hydrogen-bond donors (Lipinski definition) is 1. The predicted octanol–water partition coefficient (Wildman–Crippen LogP) is 4.63. The molecule has 1 heterocycles. The maximum absolute atomic E-state index is 13.3. The summed E-state index contributed by atoms with van der Waals surface area (Å²) in [5.41, 5.74) is -0.821. The Hall–Kier alpha value is -1.89. The number of nitrogens with one attached hydrogen (secondary N) is 1. The Morgan fingerprint density at radius 2 is 1.60 bits per heavy atom. The highest BCUT2D eigenvalue weighted by molar-refractivity contribution is 5.97. The molecule has 0 aromatic rings. The quantitative estimate of drug-likeness (QED) is 0.207. The summed E-state index contributed by atoms with van der Waals surface area (Å²) in [4.78, 5) is 63.6.